The van der Waals surface area contributed by atoms with E-state index in [1.54, 1.807) is 13.0 Å². The van der Waals surface area contributed by atoms with Crippen LogP contribution in [0, 0.1) is 6.92 Å². The van der Waals surface area contributed by atoms with Gasteiger partial charge in [-0.25, -0.2) is 0 Å². The average molecular weight is 297 g/mol. The summed E-state index contributed by atoms with van der Waals surface area (Å²) in [4.78, 5) is 11.0. The van der Waals surface area contributed by atoms with Crippen molar-refractivity contribution in [2.45, 2.75) is 46.0 Å². The zero-order valence-electron chi connectivity index (χ0n) is 11.9. The van der Waals surface area contributed by atoms with E-state index in [4.69, 9.17) is 11.6 Å². The second kappa shape index (κ2) is 7.95. The van der Waals surface area contributed by atoms with Crippen LogP contribution in [0.2, 0.25) is 5.02 Å². The highest BCUT2D eigenvalue weighted by atomic mass is 35.5. The minimum Gasteiger partial charge on any atom is -0.506 e. The number of carbonyl (C=O) groups is 1. The predicted molar refractivity (Wildman–Crippen MR) is 82.7 cm³/mol. The summed E-state index contributed by atoms with van der Waals surface area (Å²) in [5, 5.41) is 20.1. The van der Waals surface area contributed by atoms with Crippen molar-refractivity contribution < 1.29 is 15.0 Å². The molecule has 0 aliphatic carbocycles. The molecule has 0 amide bonds. The SMILES string of the molecule is CCCCCC/C=C/c1c(O)c(Cl)c(C)c(C=O)c1O. The molecule has 20 heavy (non-hydrogen) atoms. The molecular formula is C16H21ClO3. The van der Waals surface area contributed by atoms with Gasteiger partial charge in [-0.05, 0) is 25.3 Å². The molecule has 0 aromatic heterocycles. The number of phenols is 2. The maximum absolute atomic E-state index is 11.0. The fourth-order valence-electron chi connectivity index (χ4n) is 2.04. The number of aromatic hydroxyl groups is 2. The Labute approximate surface area is 124 Å². The van der Waals surface area contributed by atoms with Gasteiger partial charge in [0.2, 0.25) is 0 Å². The van der Waals surface area contributed by atoms with Crippen molar-refractivity contribution in [2.75, 3.05) is 0 Å². The Bertz CT molecular complexity index is 507. The van der Waals surface area contributed by atoms with E-state index in [9.17, 15) is 15.0 Å². The summed E-state index contributed by atoms with van der Waals surface area (Å²) < 4.78 is 0. The van der Waals surface area contributed by atoms with Crippen molar-refractivity contribution in [2.24, 2.45) is 0 Å². The Morgan fingerprint density at radius 3 is 2.40 bits per heavy atom. The molecule has 0 aliphatic rings. The van der Waals surface area contributed by atoms with Gasteiger partial charge in [-0.1, -0.05) is 49.9 Å². The van der Waals surface area contributed by atoms with Gasteiger partial charge in [0.1, 0.15) is 11.5 Å². The number of aldehydes is 1. The van der Waals surface area contributed by atoms with Gasteiger partial charge in [-0.2, -0.15) is 0 Å². The summed E-state index contributed by atoms with van der Waals surface area (Å²) in [5.74, 6) is -0.402. The molecule has 110 valence electrons. The van der Waals surface area contributed by atoms with Crippen LogP contribution in [-0.2, 0) is 0 Å². The van der Waals surface area contributed by atoms with E-state index >= 15 is 0 Å². The first-order chi connectivity index (χ1) is 9.54. The lowest BCUT2D eigenvalue weighted by Crippen LogP contribution is -1.93. The summed E-state index contributed by atoms with van der Waals surface area (Å²) in [5.41, 5.74) is 0.716. The topological polar surface area (TPSA) is 57.5 Å². The molecule has 0 aliphatic heterocycles. The molecule has 0 radical (unpaired) electrons. The molecule has 4 heteroatoms. The number of hydrogen-bond donors (Lipinski definition) is 2. The first kappa shape index (κ1) is 16.6. The Morgan fingerprint density at radius 2 is 1.80 bits per heavy atom. The fourth-order valence-corrected chi connectivity index (χ4v) is 2.24. The second-order valence-electron chi connectivity index (χ2n) is 4.83. The third kappa shape index (κ3) is 3.76. The van der Waals surface area contributed by atoms with Gasteiger partial charge < -0.3 is 10.2 Å². The summed E-state index contributed by atoms with van der Waals surface area (Å²) >= 11 is 5.97. The highest BCUT2D eigenvalue weighted by Crippen LogP contribution is 2.40. The number of rotatable bonds is 7. The van der Waals surface area contributed by atoms with Crippen LogP contribution in [0.25, 0.3) is 6.08 Å². The lowest BCUT2D eigenvalue weighted by atomic mass is 10.0. The highest BCUT2D eigenvalue weighted by molar-refractivity contribution is 6.33. The third-order valence-corrected chi connectivity index (χ3v) is 3.80. The van der Waals surface area contributed by atoms with Crippen LogP contribution >= 0.6 is 11.6 Å². The molecular weight excluding hydrogens is 276 g/mol. The van der Waals surface area contributed by atoms with E-state index in [1.807, 2.05) is 6.08 Å². The van der Waals surface area contributed by atoms with Gasteiger partial charge in [0.25, 0.3) is 0 Å². The number of unbranched alkanes of at least 4 members (excludes halogenated alkanes) is 4. The predicted octanol–water partition coefficient (Wildman–Crippen LogP) is 4.86. The van der Waals surface area contributed by atoms with Crippen LogP contribution in [-0.4, -0.2) is 16.5 Å². The van der Waals surface area contributed by atoms with Gasteiger partial charge in [-0.3, -0.25) is 4.79 Å². The van der Waals surface area contributed by atoms with Crippen molar-refractivity contribution >= 4 is 24.0 Å². The quantitative estimate of drug-likeness (QED) is 0.558. The third-order valence-electron chi connectivity index (χ3n) is 3.33. The maximum atomic E-state index is 11.0. The van der Waals surface area contributed by atoms with E-state index in [2.05, 4.69) is 6.92 Å². The van der Waals surface area contributed by atoms with Crippen molar-refractivity contribution in [1.82, 2.24) is 0 Å². The van der Waals surface area contributed by atoms with Crippen LogP contribution in [0.4, 0.5) is 0 Å². The largest absolute Gasteiger partial charge is 0.506 e. The van der Waals surface area contributed by atoms with Crippen molar-refractivity contribution in [1.29, 1.82) is 0 Å². The molecule has 0 spiro atoms. The van der Waals surface area contributed by atoms with Crippen LogP contribution in [0.3, 0.4) is 0 Å². The second-order valence-corrected chi connectivity index (χ2v) is 5.21. The van der Waals surface area contributed by atoms with Crippen LogP contribution in [0.1, 0.15) is 60.5 Å². The first-order valence-electron chi connectivity index (χ1n) is 6.90. The van der Waals surface area contributed by atoms with E-state index in [0.717, 1.165) is 19.3 Å². The minimum absolute atomic E-state index is 0.107. The highest BCUT2D eigenvalue weighted by Gasteiger charge is 2.18. The van der Waals surface area contributed by atoms with E-state index in [1.165, 1.54) is 12.8 Å². The van der Waals surface area contributed by atoms with Crippen LogP contribution < -0.4 is 0 Å². The number of carbonyl (C=O) groups excluding carboxylic acids is 1. The normalized spacial score (nSPS) is 11.2. The molecule has 3 nitrogen and oxygen atoms in total. The monoisotopic (exact) mass is 296 g/mol. The Kier molecular flexibility index (Phi) is 6.59. The molecule has 1 aromatic carbocycles. The van der Waals surface area contributed by atoms with Crippen LogP contribution in [0.5, 0.6) is 11.5 Å². The molecule has 1 rings (SSSR count). The summed E-state index contributed by atoms with van der Waals surface area (Å²) in [6.45, 7) is 3.74. The standard InChI is InChI=1S/C16H21ClO3/c1-3-4-5-6-7-8-9-12-15(19)13(10-18)11(2)14(17)16(12)20/h8-10,19-20H,3-7H2,1-2H3/b9-8+. The summed E-state index contributed by atoms with van der Waals surface area (Å²) in [6.07, 6.45) is 9.52. The van der Waals surface area contributed by atoms with Gasteiger partial charge in [0, 0.05) is 0 Å². The lowest BCUT2D eigenvalue weighted by molar-refractivity contribution is 0.112. The molecule has 0 saturated carbocycles. The number of phenolic OH excluding ortho intramolecular Hbond substituents is 2. The van der Waals surface area contributed by atoms with E-state index in [-0.39, 0.29) is 27.6 Å². The van der Waals surface area contributed by atoms with Crippen molar-refractivity contribution in [3.8, 4) is 11.5 Å². The molecule has 0 saturated heterocycles. The van der Waals surface area contributed by atoms with Gasteiger partial charge >= 0.3 is 0 Å². The summed E-state index contributed by atoms with van der Waals surface area (Å²) in [6, 6.07) is 0. The number of halogens is 1. The minimum atomic E-state index is -0.218. The average Bonchev–Trinajstić information content (AvgIpc) is 2.44. The molecule has 0 atom stereocenters. The lowest BCUT2D eigenvalue weighted by Gasteiger charge is -2.11. The Morgan fingerprint density at radius 1 is 1.10 bits per heavy atom. The number of allylic oxidation sites excluding steroid dienone is 1. The number of benzene rings is 1. The number of hydrogen-bond acceptors (Lipinski definition) is 3. The fraction of sp³-hybridized carbons (Fsp3) is 0.438. The Balaban J connectivity index is 2.92. The molecule has 2 N–H and O–H groups in total. The Hall–Kier alpha value is -1.48. The zero-order chi connectivity index (χ0) is 15.1. The molecule has 0 unspecified atom stereocenters. The van der Waals surface area contributed by atoms with Crippen molar-refractivity contribution in [3.05, 3.63) is 27.8 Å². The zero-order valence-corrected chi connectivity index (χ0v) is 12.7. The first-order valence-corrected chi connectivity index (χ1v) is 7.28. The van der Waals surface area contributed by atoms with Gasteiger partial charge in [0.15, 0.2) is 6.29 Å². The molecule has 0 bridgehead atoms. The molecule has 1 aromatic rings. The van der Waals surface area contributed by atoms with Gasteiger partial charge in [-0.15, -0.1) is 0 Å². The maximum Gasteiger partial charge on any atom is 0.154 e. The van der Waals surface area contributed by atoms with Crippen molar-refractivity contribution in [3.63, 3.8) is 0 Å². The smallest absolute Gasteiger partial charge is 0.154 e. The van der Waals surface area contributed by atoms with Crippen LogP contribution in [0.15, 0.2) is 6.08 Å². The summed E-state index contributed by atoms with van der Waals surface area (Å²) in [7, 11) is 0. The van der Waals surface area contributed by atoms with Gasteiger partial charge in [0.05, 0.1) is 16.1 Å². The van der Waals surface area contributed by atoms with E-state index in [0.29, 0.717) is 11.8 Å². The molecule has 0 heterocycles. The van der Waals surface area contributed by atoms with E-state index < -0.39 is 0 Å². The molecule has 0 fully saturated rings.